The molecule has 0 radical (unpaired) electrons. The van der Waals surface area contributed by atoms with Crippen molar-refractivity contribution in [1.82, 2.24) is 14.8 Å². The minimum absolute atomic E-state index is 0.0577. The first-order chi connectivity index (χ1) is 17.7. The SMILES string of the molecule is CC(C)c1cccc(C(C)C)c1NC(=O)CN1CCN(CCSc2nc3cccc([S+](C)[O-])c3o2)CC1. The van der Waals surface area contributed by atoms with E-state index in [4.69, 9.17) is 4.42 Å². The second-order valence-electron chi connectivity index (χ2n) is 10.2. The van der Waals surface area contributed by atoms with E-state index in [-0.39, 0.29) is 5.91 Å². The number of nitrogens with one attached hydrogen (secondary N) is 1. The van der Waals surface area contributed by atoms with Crippen LogP contribution in [0.25, 0.3) is 11.1 Å². The first-order valence-electron chi connectivity index (χ1n) is 13.0. The lowest BCUT2D eigenvalue weighted by molar-refractivity contribution is -0.117. The summed E-state index contributed by atoms with van der Waals surface area (Å²) in [5.41, 5.74) is 4.75. The number of benzene rings is 2. The number of nitrogens with zero attached hydrogens (tertiary/aromatic N) is 3. The van der Waals surface area contributed by atoms with Gasteiger partial charge in [-0.2, -0.15) is 0 Å². The molecular weight excluding hydrogens is 504 g/mol. The largest absolute Gasteiger partial charge is 0.612 e. The molecule has 2 heterocycles. The van der Waals surface area contributed by atoms with Gasteiger partial charge in [0.25, 0.3) is 5.22 Å². The van der Waals surface area contributed by atoms with Crippen molar-refractivity contribution >= 4 is 45.6 Å². The Kier molecular flexibility index (Phi) is 9.58. The van der Waals surface area contributed by atoms with Crippen LogP contribution in [0, 0.1) is 0 Å². The van der Waals surface area contributed by atoms with E-state index >= 15 is 0 Å². The number of anilines is 1. The zero-order valence-corrected chi connectivity index (χ0v) is 24.1. The number of carbonyl (C=O) groups excluding carboxylic acids is 1. The fourth-order valence-corrected chi connectivity index (χ4v) is 6.21. The van der Waals surface area contributed by atoms with Crippen molar-refractivity contribution in [3.8, 4) is 0 Å². The third-order valence-corrected chi connectivity index (χ3v) is 8.52. The van der Waals surface area contributed by atoms with Gasteiger partial charge in [-0.05, 0) is 46.3 Å². The molecule has 1 aliphatic heterocycles. The summed E-state index contributed by atoms with van der Waals surface area (Å²) < 4.78 is 17.8. The van der Waals surface area contributed by atoms with Crippen molar-refractivity contribution in [2.45, 2.75) is 49.6 Å². The molecular formula is C28H38N4O3S2. The number of aromatic nitrogens is 1. The summed E-state index contributed by atoms with van der Waals surface area (Å²) in [5, 5.41) is 3.86. The Labute approximate surface area is 227 Å². The van der Waals surface area contributed by atoms with Crippen LogP contribution >= 0.6 is 11.8 Å². The Morgan fingerprint density at radius 1 is 1.05 bits per heavy atom. The highest BCUT2D eigenvalue weighted by Crippen LogP contribution is 2.32. The van der Waals surface area contributed by atoms with E-state index in [9.17, 15) is 9.35 Å². The number of hydrogen-bond acceptors (Lipinski definition) is 7. The quantitative estimate of drug-likeness (QED) is 0.280. The first-order valence-corrected chi connectivity index (χ1v) is 15.5. The summed E-state index contributed by atoms with van der Waals surface area (Å²) >= 11 is 0.473. The summed E-state index contributed by atoms with van der Waals surface area (Å²) in [6.45, 7) is 13.6. The summed E-state index contributed by atoms with van der Waals surface area (Å²) in [6.07, 6.45) is 1.65. The molecule has 3 aromatic rings. The zero-order chi connectivity index (χ0) is 26.5. The monoisotopic (exact) mass is 542 g/mol. The standard InChI is InChI=1S/C28H38N4O3S2/c1-19(2)21-8-6-9-22(20(3)4)26(21)30-25(33)18-32-14-12-31(13-15-32)16-17-36-28-29-23-10-7-11-24(37(5)34)27(23)35-28/h6-11,19-20H,12-18H2,1-5H3,(H,30,33). The summed E-state index contributed by atoms with van der Waals surface area (Å²) in [6, 6.07) is 11.9. The fourth-order valence-electron chi connectivity index (χ4n) is 4.70. The van der Waals surface area contributed by atoms with Gasteiger partial charge in [0.2, 0.25) is 11.5 Å². The maximum Gasteiger partial charge on any atom is 0.256 e. The van der Waals surface area contributed by atoms with Crippen molar-refractivity contribution in [1.29, 1.82) is 0 Å². The van der Waals surface area contributed by atoms with Crippen molar-refractivity contribution in [2.24, 2.45) is 0 Å². The Morgan fingerprint density at radius 3 is 2.30 bits per heavy atom. The topological polar surface area (TPSA) is 84.7 Å². The Balaban J connectivity index is 1.24. The molecule has 1 aliphatic rings. The summed E-state index contributed by atoms with van der Waals surface area (Å²) in [4.78, 5) is 22.9. The van der Waals surface area contributed by atoms with Crippen molar-refractivity contribution in [3.05, 3.63) is 47.5 Å². The Morgan fingerprint density at radius 2 is 1.68 bits per heavy atom. The highest BCUT2D eigenvalue weighted by Gasteiger charge is 2.22. The van der Waals surface area contributed by atoms with Gasteiger partial charge in [0, 0.05) is 44.2 Å². The van der Waals surface area contributed by atoms with Crippen LogP contribution in [0.1, 0.15) is 50.7 Å². The number of rotatable bonds is 10. The van der Waals surface area contributed by atoms with Crippen LogP contribution < -0.4 is 5.32 Å². The molecule has 7 nitrogen and oxygen atoms in total. The maximum absolute atomic E-state index is 13.0. The third-order valence-electron chi connectivity index (χ3n) is 6.77. The molecule has 0 spiro atoms. The molecule has 4 rings (SSSR count). The van der Waals surface area contributed by atoms with Gasteiger partial charge in [0.15, 0.2) is 4.90 Å². The minimum atomic E-state index is -1.11. The fraction of sp³-hybridized carbons (Fsp3) is 0.500. The van der Waals surface area contributed by atoms with Crippen LogP contribution in [0.15, 0.2) is 50.9 Å². The average molecular weight is 543 g/mol. The molecule has 200 valence electrons. The summed E-state index contributed by atoms with van der Waals surface area (Å²) in [7, 11) is 0. The van der Waals surface area contributed by atoms with Gasteiger partial charge < -0.3 is 14.3 Å². The first kappa shape index (κ1) is 28.0. The van der Waals surface area contributed by atoms with Crippen molar-refractivity contribution < 1.29 is 13.8 Å². The number of thioether (sulfide) groups is 1. The number of amides is 1. The van der Waals surface area contributed by atoms with E-state index < -0.39 is 11.2 Å². The van der Waals surface area contributed by atoms with E-state index in [0.717, 1.165) is 49.7 Å². The number of hydrogen-bond donors (Lipinski definition) is 1. The average Bonchev–Trinajstić information content (AvgIpc) is 3.27. The highest BCUT2D eigenvalue weighted by atomic mass is 32.2. The smallest absolute Gasteiger partial charge is 0.256 e. The normalized spacial score (nSPS) is 16.1. The van der Waals surface area contributed by atoms with Crippen LogP contribution in [0.3, 0.4) is 0 Å². The van der Waals surface area contributed by atoms with E-state index in [1.807, 2.05) is 18.2 Å². The summed E-state index contributed by atoms with van der Waals surface area (Å²) in [5.74, 6) is 1.62. The zero-order valence-electron chi connectivity index (χ0n) is 22.5. The van der Waals surface area contributed by atoms with E-state index in [1.165, 1.54) is 11.1 Å². The van der Waals surface area contributed by atoms with E-state index in [0.29, 0.717) is 34.1 Å². The van der Waals surface area contributed by atoms with Gasteiger partial charge in [-0.3, -0.25) is 14.6 Å². The lowest BCUT2D eigenvalue weighted by atomic mass is 9.92. The second kappa shape index (κ2) is 12.7. The maximum atomic E-state index is 13.0. The molecule has 1 unspecified atom stereocenters. The molecule has 1 N–H and O–H groups in total. The van der Waals surface area contributed by atoms with Gasteiger partial charge in [-0.15, -0.1) is 0 Å². The predicted octanol–water partition coefficient (Wildman–Crippen LogP) is 5.16. The number of carbonyl (C=O) groups is 1. The predicted molar refractivity (Wildman–Crippen MR) is 153 cm³/mol. The number of oxazole rings is 1. The highest BCUT2D eigenvalue weighted by molar-refractivity contribution is 7.99. The molecule has 37 heavy (non-hydrogen) atoms. The van der Waals surface area contributed by atoms with E-state index in [1.54, 1.807) is 18.0 Å². The third kappa shape index (κ3) is 7.09. The van der Waals surface area contributed by atoms with Crippen molar-refractivity contribution in [2.75, 3.05) is 56.6 Å². The molecule has 9 heteroatoms. The van der Waals surface area contributed by atoms with Crippen LogP contribution in [0.4, 0.5) is 5.69 Å². The molecule has 2 aromatic carbocycles. The van der Waals surface area contributed by atoms with Crippen LogP contribution in [0.2, 0.25) is 0 Å². The van der Waals surface area contributed by atoms with Gasteiger partial charge in [0.05, 0.1) is 6.54 Å². The van der Waals surface area contributed by atoms with Crippen molar-refractivity contribution in [3.63, 3.8) is 0 Å². The lowest BCUT2D eigenvalue weighted by Gasteiger charge is -2.34. The molecule has 1 saturated heterocycles. The Bertz CT molecular complexity index is 1180. The molecule has 0 aliphatic carbocycles. The minimum Gasteiger partial charge on any atom is -0.612 e. The lowest BCUT2D eigenvalue weighted by Crippen LogP contribution is -2.49. The van der Waals surface area contributed by atoms with Gasteiger partial charge in [-0.1, -0.05) is 63.7 Å². The Hall–Kier alpha value is -2.04. The molecule has 1 amide bonds. The molecule has 0 bridgehead atoms. The second-order valence-corrected chi connectivity index (χ2v) is 12.6. The molecule has 1 aromatic heterocycles. The van der Waals surface area contributed by atoms with Crippen LogP contribution in [-0.4, -0.2) is 76.5 Å². The number of piperazine rings is 1. The molecule has 0 saturated carbocycles. The number of para-hydroxylation sites is 2. The van der Waals surface area contributed by atoms with Gasteiger partial charge >= 0.3 is 0 Å². The van der Waals surface area contributed by atoms with Gasteiger partial charge in [0.1, 0.15) is 11.8 Å². The number of fused-ring (bicyclic) bond motifs is 1. The van der Waals surface area contributed by atoms with Crippen LogP contribution in [-0.2, 0) is 16.0 Å². The molecule has 1 fully saturated rings. The van der Waals surface area contributed by atoms with Gasteiger partial charge in [-0.25, -0.2) is 4.98 Å². The molecule has 1 atom stereocenters. The van der Waals surface area contributed by atoms with Crippen LogP contribution in [0.5, 0.6) is 0 Å². The van der Waals surface area contributed by atoms with E-state index in [2.05, 4.69) is 66.0 Å².